The van der Waals surface area contributed by atoms with Crippen molar-refractivity contribution in [1.82, 2.24) is 0 Å². The molecule has 4 aliphatic rings. The molecule has 4 saturated carbocycles. The Labute approximate surface area is 200 Å². The van der Waals surface area contributed by atoms with Crippen LogP contribution in [0, 0.1) is 46.3 Å². The van der Waals surface area contributed by atoms with Gasteiger partial charge in [-0.25, -0.2) is 0 Å². The molecule has 0 unspecified atom stereocenters. The molecule has 11 atom stereocenters. The lowest BCUT2D eigenvalue weighted by Crippen LogP contribution is -2.71. The average molecular weight is 463 g/mol. The fourth-order valence-electron chi connectivity index (χ4n) is 9.14. The lowest BCUT2D eigenvalue weighted by Gasteiger charge is -2.66. The molecular weight excluding hydrogens is 416 g/mol. The maximum atomic E-state index is 12.0. The topological polar surface area (TPSA) is 87.0 Å². The summed E-state index contributed by atoms with van der Waals surface area (Å²) in [6, 6.07) is 0. The van der Waals surface area contributed by atoms with Gasteiger partial charge in [-0.1, -0.05) is 46.8 Å². The van der Waals surface area contributed by atoms with Crippen LogP contribution in [0.2, 0.25) is 0 Å². The predicted molar refractivity (Wildman–Crippen MR) is 128 cm³/mol. The van der Waals surface area contributed by atoms with Crippen LogP contribution in [-0.2, 0) is 9.53 Å². The highest BCUT2D eigenvalue weighted by molar-refractivity contribution is 5.66. The van der Waals surface area contributed by atoms with Gasteiger partial charge in [0.25, 0.3) is 0 Å². The minimum Gasteiger partial charge on any atom is -0.459 e. The second-order valence-corrected chi connectivity index (χ2v) is 12.8. The van der Waals surface area contributed by atoms with Crippen molar-refractivity contribution in [3.63, 3.8) is 0 Å². The maximum Gasteiger partial charge on any atom is 0.303 e. The summed E-state index contributed by atoms with van der Waals surface area (Å²) < 4.78 is 5.79. The Morgan fingerprint density at radius 3 is 2.39 bits per heavy atom. The molecule has 188 valence electrons. The average Bonchev–Trinajstić information content (AvgIpc) is 3.04. The number of fused-ring (bicyclic) bond motifs is 5. The number of aliphatic hydroxyl groups excluding tert-OH is 2. The number of rotatable bonds is 4. The Hall–Kier alpha value is -0.910. The van der Waals surface area contributed by atoms with Gasteiger partial charge in [0.1, 0.15) is 11.7 Å². The number of ether oxygens (including phenoxy) is 1. The van der Waals surface area contributed by atoms with Gasteiger partial charge in [0.15, 0.2) is 0 Å². The molecular formula is C28H46O5. The molecule has 0 spiro atoms. The van der Waals surface area contributed by atoms with Crippen molar-refractivity contribution in [2.24, 2.45) is 46.3 Å². The zero-order valence-corrected chi connectivity index (χ0v) is 21.5. The molecule has 5 nitrogen and oxygen atoms in total. The van der Waals surface area contributed by atoms with Crippen LogP contribution < -0.4 is 0 Å². The smallest absolute Gasteiger partial charge is 0.303 e. The highest BCUT2D eigenvalue weighted by Crippen LogP contribution is 2.69. The Balaban J connectivity index is 1.70. The first-order valence-electron chi connectivity index (χ1n) is 13.3. The minimum atomic E-state index is -1.31. The molecule has 0 aliphatic heterocycles. The van der Waals surface area contributed by atoms with E-state index in [1.165, 1.54) is 6.92 Å². The number of hydrogen-bond donors (Lipinski definition) is 3. The van der Waals surface area contributed by atoms with Crippen LogP contribution in [0.3, 0.4) is 0 Å². The third kappa shape index (κ3) is 3.90. The SMILES string of the molecule is CC(=O)O[C@@H]1C[C@@H]2[C@H]([C@@H](O)C[C@]3(C)[C@@H]([C@H](C)/C=C/C(C)C)CC[C@@H]23)[C@@]2(C)CC[C@H](O)C[C@]12O. The lowest BCUT2D eigenvalue weighted by molar-refractivity contribution is -0.286. The van der Waals surface area contributed by atoms with Crippen LogP contribution >= 0.6 is 0 Å². The van der Waals surface area contributed by atoms with Gasteiger partial charge in [-0.2, -0.15) is 0 Å². The minimum absolute atomic E-state index is 0.0299. The Morgan fingerprint density at radius 2 is 1.76 bits per heavy atom. The summed E-state index contributed by atoms with van der Waals surface area (Å²) in [6.45, 7) is 12.6. The van der Waals surface area contributed by atoms with Gasteiger partial charge < -0.3 is 20.1 Å². The normalized spacial score (nSPS) is 50.5. The van der Waals surface area contributed by atoms with E-state index in [0.29, 0.717) is 42.9 Å². The van der Waals surface area contributed by atoms with E-state index in [-0.39, 0.29) is 29.6 Å². The number of esters is 1. The summed E-state index contributed by atoms with van der Waals surface area (Å²) in [5.74, 6) is 1.72. The number of allylic oxidation sites excluding steroid dienone is 2. The Bertz CT molecular complexity index is 778. The fourth-order valence-corrected chi connectivity index (χ4v) is 9.14. The van der Waals surface area contributed by atoms with Gasteiger partial charge in [0, 0.05) is 18.8 Å². The molecule has 4 aliphatic carbocycles. The van der Waals surface area contributed by atoms with Crippen molar-refractivity contribution >= 4 is 5.97 Å². The maximum absolute atomic E-state index is 12.0. The second-order valence-electron chi connectivity index (χ2n) is 12.8. The Kier molecular flexibility index (Phi) is 6.59. The summed E-state index contributed by atoms with van der Waals surface area (Å²) in [5.41, 5.74) is -1.86. The molecule has 4 fully saturated rings. The van der Waals surface area contributed by atoms with Crippen molar-refractivity contribution in [3.05, 3.63) is 12.2 Å². The monoisotopic (exact) mass is 462 g/mol. The van der Waals surface area contributed by atoms with Crippen LogP contribution in [0.5, 0.6) is 0 Å². The lowest BCUT2D eigenvalue weighted by atomic mass is 9.41. The van der Waals surface area contributed by atoms with E-state index < -0.39 is 29.3 Å². The van der Waals surface area contributed by atoms with Crippen LogP contribution in [0.25, 0.3) is 0 Å². The van der Waals surface area contributed by atoms with Crippen molar-refractivity contribution in [2.75, 3.05) is 0 Å². The van der Waals surface area contributed by atoms with E-state index in [2.05, 4.69) is 46.8 Å². The van der Waals surface area contributed by atoms with E-state index in [0.717, 1.165) is 19.3 Å². The van der Waals surface area contributed by atoms with E-state index in [9.17, 15) is 20.1 Å². The molecule has 0 saturated heterocycles. The summed E-state index contributed by atoms with van der Waals surface area (Å²) in [6.07, 6.45) is 8.00. The second kappa shape index (κ2) is 8.64. The van der Waals surface area contributed by atoms with E-state index in [1.807, 2.05) is 0 Å². The van der Waals surface area contributed by atoms with Crippen LogP contribution in [0.15, 0.2) is 12.2 Å². The van der Waals surface area contributed by atoms with Gasteiger partial charge in [0.05, 0.1) is 12.2 Å². The zero-order chi connectivity index (χ0) is 24.3. The van der Waals surface area contributed by atoms with Gasteiger partial charge in [-0.15, -0.1) is 0 Å². The fraction of sp³-hybridized carbons (Fsp3) is 0.893. The van der Waals surface area contributed by atoms with Crippen LogP contribution in [0.4, 0.5) is 0 Å². The van der Waals surface area contributed by atoms with Crippen molar-refractivity contribution < 1.29 is 24.9 Å². The predicted octanol–water partition coefficient (Wildman–Crippen LogP) is 4.48. The van der Waals surface area contributed by atoms with E-state index >= 15 is 0 Å². The number of aliphatic hydroxyl groups is 3. The first-order chi connectivity index (χ1) is 15.3. The highest BCUT2D eigenvalue weighted by Gasteiger charge is 2.70. The van der Waals surface area contributed by atoms with Gasteiger partial charge in [0.2, 0.25) is 0 Å². The van der Waals surface area contributed by atoms with Crippen LogP contribution in [-0.4, -0.2) is 45.2 Å². The van der Waals surface area contributed by atoms with Crippen molar-refractivity contribution in [3.8, 4) is 0 Å². The highest BCUT2D eigenvalue weighted by atomic mass is 16.6. The molecule has 0 bridgehead atoms. The molecule has 0 aromatic rings. The molecule has 0 aromatic carbocycles. The van der Waals surface area contributed by atoms with E-state index in [1.54, 1.807) is 0 Å². The zero-order valence-electron chi connectivity index (χ0n) is 21.5. The first kappa shape index (κ1) is 25.2. The summed E-state index contributed by atoms with van der Waals surface area (Å²) in [5, 5.41) is 34.1. The summed E-state index contributed by atoms with van der Waals surface area (Å²) in [4.78, 5) is 12.0. The first-order valence-corrected chi connectivity index (χ1v) is 13.3. The third-order valence-corrected chi connectivity index (χ3v) is 10.6. The van der Waals surface area contributed by atoms with E-state index in [4.69, 9.17) is 4.74 Å². The molecule has 0 heterocycles. The molecule has 3 N–H and O–H groups in total. The summed E-state index contributed by atoms with van der Waals surface area (Å²) >= 11 is 0. The largest absolute Gasteiger partial charge is 0.459 e. The van der Waals surface area contributed by atoms with Crippen molar-refractivity contribution in [2.45, 2.75) is 110 Å². The third-order valence-electron chi connectivity index (χ3n) is 10.6. The van der Waals surface area contributed by atoms with Gasteiger partial charge in [-0.05, 0) is 79.4 Å². The molecule has 33 heavy (non-hydrogen) atoms. The molecule has 0 amide bonds. The molecule has 4 rings (SSSR count). The molecule has 0 aromatic heterocycles. The number of carbonyl (C=O) groups excluding carboxylic acids is 1. The van der Waals surface area contributed by atoms with Gasteiger partial charge >= 0.3 is 5.97 Å². The van der Waals surface area contributed by atoms with Gasteiger partial charge in [-0.3, -0.25) is 4.79 Å². The quantitative estimate of drug-likeness (QED) is 0.423. The van der Waals surface area contributed by atoms with Crippen molar-refractivity contribution in [1.29, 1.82) is 0 Å². The number of hydrogen-bond acceptors (Lipinski definition) is 5. The molecule has 0 radical (unpaired) electrons. The number of carbonyl (C=O) groups is 1. The standard InChI is InChI=1S/C28H46O5/c1-16(2)7-8-17(3)21-9-10-22-20-13-24(33-18(4)29)28(32)14-19(30)11-12-27(28,6)25(20)23(31)15-26(21,22)5/h7-8,16-17,19-25,30-32H,9-15H2,1-6H3/b8-7+/t17-,19+,20+,21-,22+,23+,24-,25-,26-,27-,28+/m1/s1. The summed E-state index contributed by atoms with van der Waals surface area (Å²) in [7, 11) is 0. The molecule has 5 heteroatoms. The Morgan fingerprint density at radius 1 is 1.06 bits per heavy atom. The van der Waals surface area contributed by atoms with Crippen LogP contribution in [0.1, 0.15) is 86.5 Å².